The predicted molar refractivity (Wildman–Crippen MR) is 126 cm³/mol. The lowest BCUT2D eigenvalue weighted by Crippen LogP contribution is -2.68. The van der Waals surface area contributed by atoms with Gasteiger partial charge in [0.2, 0.25) is 5.95 Å². The fraction of sp³-hybridized carbons (Fsp3) is 0.560. The fourth-order valence-corrected chi connectivity index (χ4v) is 5.97. The van der Waals surface area contributed by atoms with Crippen LogP contribution in [0.3, 0.4) is 0 Å². The maximum Gasteiger partial charge on any atom is 0.419 e. The van der Waals surface area contributed by atoms with Crippen LogP contribution < -0.4 is 10.2 Å². The van der Waals surface area contributed by atoms with Crippen LogP contribution in [0, 0.1) is 5.41 Å². The van der Waals surface area contributed by atoms with Gasteiger partial charge in [0, 0.05) is 63.2 Å². The molecule has 188 valence electrons. The van der Waals surface area contributed by atoms with Crippen LogP contribution >= 0.6 is 0 Å². The number of hydrogen-bond donors (Lipinski definition) is 1. The van der Waals surface area contributed by atoms with Crippen molar-refractivity contribution >= 4 is 12.0 Å². The molecule has 1 aromatic heterocycles. The molecule has 1 N–H and O–H groups in total. The largest absolute Gasteiger partial charge is 0.419 e. The quantitative estimate of drug-likeness (QED) is 0.710. The van der Waals surface area contributed by atoms with E-state index in [-0.39, 0.29) is 30.1 Å². The number of rotatable bonds is 4. The normalized spacial score (nSPS) is 24.7. The van der Waals surface area contributed by atoms with Crippen LogP contribution in [0.4, 0.5) is 23.9 Å². The first-order chi connectivity index (χ1) is 16.6. The Morgan fingerprint density at radius 1 is 1.06 bits per heavy atom. The number of carbonyl (C=O) groups excluding carboxylic acids is 1. The summed E-state index contributed by atoms with van der Waals surface area (Å²) in [5.74, 6) is 0.253. The summed E-state index contributed by atoms with van der Waals surface area (Å²) in [5, 5.41) is 3.21. The van der Waals surface area contributed by atoms with E-state index in [0.29, 0.717) is 18.5 Å². The second-order valence-electron chi connectivity index (χ2n) is 10.5. The second kappa shape index (κ2) is 8.96. The Labute approximate surface area is 203 Å². The highest BCUT2D eigenvalue weighted by Gasteiger charge is 2.52. The van der Waals surface area contributed by atoms with E-state index in [2.05, 4.69) is 44.5 Å². The first-order valence-corrected chi connectivity index (χ1v) is 12.1. The molecule has 10 heteroatoms. The molecule has 0 bridgehead atoms. The minimum Gasteiger partial charge on any atom is -0.337 e. The smallest absolute Gasteiger partial charge is 0.337 e. The van der Waals surface area contributed by atoms with E-state index in [1.165, 1.54) is 5.56 Å². The Kier molecular flexibility index (Phi) is 6.11. The van der Waals surface area contributed by atoms with Gasteiger partial charge in [0.1, 0.15) is 0 Å². The zero-order valence-electron chi connectivity index (χ0n) is 20.0. The summed E-state index contributed by atoms with van der Waals surface area (Å²) in [7, 11) is 0. The number of urea groups is 1. The summed E-state index contributed by atoms with van der Waals surface area (Å²) < 4.78 is 38.4. The number of aromatic nitrogens is 2. The number of likely N-dealkylation sites (tertiary alicyclic amines) is 1. The molecule has 35 heavy (non-hydrogen) atoms. The summed E-state index contributed by atoms with van der Waals surface area (Å²) in [6.07, 6.45) is -0.830. The first kappa shape index (κ1) is 23.8. The van der Waals surface area contributed by atoms with Crippen LogP contribution in [0.25, 0.3) is 0 Å². The monoisotopic (exact) mass is 488 g/mol. The molecule has 1 spiro atoms. The van der Waals surface area contributed by atoms with Gasteiger partial charge in [0.05, 0.1) is 5.56 Å². The van der Waals surface area contributed by atoms with Gasteiger partial charge in [-0.15, -0.1) is 0 Å². The van der Waals surface area contributed by atoms with Gasteiger partial charge in [0.25, 0.3) is 0 Å². The molecule has 1 saturated carbocycles. The Balaban J connectivity index is 1.09. The number of amides is 2. The maximum absolute atomic E-state index is 13.1. The first-order valence-electron chi connectivity index (χ1n) is 12.1. The zero-order valence-corrected chi connectivity index (χ0v) is 20.0. The molecule has 3 fully saturated rings. The fourth-order valence-electron chi connectivity index (χ4n) is 5.97. The van der Waals surface area contributed by atoms with Crippen molar-refractivity contribution in [3.05, 3.63) is 53.9 Å². The molecule has 2 aliphatic heterocycles. The van der Waals surface area contributed by atoms with Crippen LogP contribution in [-0.4, -0.2) is 70.1 Å². The summed E-state index contributed by atoms with van der Waals surface area (Å²) in [6.45, 7) is 7.95. The number of hydrogen-bond acceptors (Lipinski definition) is 5. The van der Waals surface area contributed by atoms with E-state index >= 15 is 0 Å². The lowest BCUT2D eigenvalue weighted by Gasteiger charge is -2.59. The molecule has 0 radical (unpaired) electrons. The van der Waals surface area contributed by atoms with E-state index in [4.69, 9.17) is 0 Å². The third-order valence-electron chi connectivity index (χ3n) is 7.46. The van der Waals surface area contributed by atoms with Crippen LogP contribution in [0.5, 0.6) is 0 Å². The maximum atomic E-state index is 13.1. The van der Waals surface area contributed by atoms with Crippen molar-refractivity contribution in [1.82, 2.24) is 25.1 Å². The second-order valence-corrected chi connectivity index (χ2v) is 10.5. The number of halogens is 3. The van der Waals surface area contributed by atoms with E-state index in [1.807, 2.05) is 29.7 Å². The van der Waals surface area contributed by atoms with Crippen LogP contribution in [-0.2, 0) is 12.7 Å². The van der Waals surface area contributed by atoms with Crippen LogP contribution in [0.1, 0.15) is 37.8 Å². The Morgan fingerprint density at radius 2 is 1.66 bits per heavy atom. The van der Waals surface area contributed by atoms with Gasteiger partial charge < -0.3 is 15.1 Å². The van der Waals surface area contributed by atoms with Crippen molar-refractivity contribution in [2.24, 2.45) is 5.41 Å². The highest BCUT2D eigenvalue weighted by atomic mass is 19.4. The SMILES string of the molecule is CC1CN(c2ncc(C(F)(F)F)cn2)CC(C)N1C(=O)NC1CC2(C1)CN(Cc1ccccc1)C2. The molecule has 2 unspecified atom stereocenters. The van der Waals surface area contributed by atoms with Gasteiger partial charge >= 0.3 is 12.2 Å². The number of carbonyl (C=O) groups is 1. The van der Waals surface area contributed by atoms with E-state index < -0.39 is 11.7 Å². The van der Waals surface area contributed by atoms with Crippen LogP contribution in [0.15, 0.2) is 42.7 Å². The van der Waals surface area contributed by atoms with E-state index in [1.54, 1.807) is 0 Å². The number of nitrogens with one attached hydrogen (secondary N) is 1. The number of anilines is 1. The average molecular weight is 489 g/mol. The lowest BCUT2D eigenvalue weighted by atomic mass is 9.60. The molecule has 2 atom stereocenters. The predicted octanol–water partition coefficient (Wildman–Crippen LogP) is 3.77. The minimum absolute atomic E-state index is 0.0710. The summed E-state index contributed by atoms with van der Waals surface area (Å²) in [6, 6.07) is 10.4. The van der Waals surface area contributed by atoms with Gasteiger partial charge in [-0.3, -0.25) is 4.90 Å². The van der Waals surface area contributed by atoms with Gasteiger partial charge in [-0.2, -0.15) is 13.2 Å². The van der Waals surface area contributed by atoms with Gasteiger partial charge in [-0.25, -0.2) is 14.8 Å². The number of benzene rings is 1. The van der Waals surface area contributed by atoms with Crippen LogP contribution in [0.2, 0.25) is 0 Å². The third-order valence-corrected chi connectivity index (χ3v) is 7.46. The standard InChI is InChI=1S/C25H31F3N6O/c1-17-12-33(22-29-10-20(11-30-22)25(26,27)28)13-18(2)34(17)23(35)31-21-8-24(9-21)15-32(16-24)14-19-6-4-3-5-7-19/h3-7,10-11,17-18,21H,8-9,12-16H2,1-2H3,(H,31,35). The summed E-state index contributed by atoms with van der Waals surface area (Å²) in [4.78, 5) is 27.0. The molecular formula is C25H31F3N6O. The molecule has 1 aromatic carbocycles. The van der Waals surface area contributed by atoms with Crippen molar-refractivity contribution in [3.63, 3.8) is 0 Å². The lowest BCUT2D eigenvalue weighted by molar-refractivity contribution is -0.138. The highest BCUT2D eigenvalue weighted by Crippen LogP contribution is 2.48. The van der Waals surface area contributed by atoms with Gasteiger partial charge in [0.15, 0.2) is 0 Å². The van der Waals surface area contributed by atoms with Gasteiger partial charge in [-0.05, 0) is 37.7 Å². The molecule has 2 aromatic rings. The highest BCUT2D eigenvalue weighted by molar-refractivity contribution is 5.76. The molecule has 2 saturated heterocycles. The molecule has 5 rings (SSSR count). The zero-order chi connectivity index (χ0) is 24.8. The molecule has 7 nitrogen and oxygen atoms in total. The van der Waals surface area contributed by atoms with Crippen molar-refractivity contribution in [1.29, 1.82) is 0 Å². The third kappa shape index (κ3) is 4.94. The minimum atomic E-state index is -4.46. The summed E-state index contributed by atoms with van der Waals surface area (Å²) >= 11 is 0. The average Bonchev–Trinajstić information content (AvgIpc) is 2.76. The van der Waals surface area contributed by atoms with Crippen molar-refractivity contribution in [2.75, 3.05) is 31.1 Å². The van der Waals surface area contributed by atoms with E-state index in [9.17, 15) is 18.0 Å². The Morgan fingerprint density at radius 3 is 2.23 bits per heavy atom. The number of alkyl halides is 3. The number of piperazine rings is 1. The molecule has 1 aliphatic carbocycles. The number of nitrogens with zero attached hydrogens (tertiary/aromatic N) is 5. The molecule has 3 aliphatic rings. The summed E-state index contributed by atoms with van der Waals surface area (Å²) in [5.41, 5.74) is 0.798. The molecule has 2 amide bonds. The van der Waals surface area contributed by atoms with E-state index in [0.717, 1.165) is 44.9 Å². The van der Waals surface area contributed by atoms with Crippen molar-refractivity contribution in [3.8, 4) is 0 Å². The Bertz CT molecular complexity index is 1020. The topological polar surface area (TPSA) is 64.6 Å². The Hall–Kier alpha value is -2.88. The molecule has 3 heterocycles. The van der Waals surface area contributed by atoms with Gasteiger partial charge in [-0.1, -0.05) is 30.3 Å². The van der Waals surface area contributed by atoms with Crippen molar-refractivity contribution in [2.45, 2.75) is 57.5 Å². The molecular weight excluding hydrogens is 457 g/mol. The van der Waals surface area contributed by atoms with Crippen molar-refractivity contribution < 1.29 is 18.0 Å².